The Balaban J connectivity index is 1.45. The summed E-state index contributed by atoms with van der Waals surface area (Å²) in [6, 6.07) is 7.16. The molecule has 5 heteroatoms. The van der Waals surface area contributed by atoms with Gasteiger partial charge >= 0.3 is 0 Å². The molecule has 0 saturated carbocycles. The monoisotopic (exact) mass is 347 g/mol. The van der Waals surface area contributed by atoms with E-state index in [1.165, 1.54) is 6.07 Å². The van der Waals surface area contributed by atoms with E-state index in [-0.39, 0.29) is 17.1 Å². The lowest BCUT2D eigenvalue weighted by molar-refractivity contribution is -0.128. The number of amides is 1. The van der Waals surface area contributed by atoms with Crippen molar-refractivity contribution < 1.29 is 9.18 Å². The standard InChI is InChI=1S/C20H30FN3O/c1-3-20(4-2)15-17(22-19(20)25)8-9-23-10-12-24(13-11-23)18-7-5-6-16(21)14-18/h5-7,14,17H,3-4,8-13,15H2,1-2H3,(H,22,25). The van der Waals surface area contributed by atoms with E-state index in [1.807, 2.05) is 6.07 Å². The second-order valence-corrected chi connectivity index (χ2v) is 7.46. The summed E-state index contributed by atoms with van der Waals surface area (Å²) in [6.07, 6.45) is 3.85. The van der Waals surface area contributed by atoms with Crippen LogP contribution in [0.1, 0.15) is 39.5 Å². The van der Waals surface area contributed by atoms with Gasteiger partial charge in [0.2, 0.25) is 5.91 Å². The average molecular weight is 347 g/mol. The van der Waals surface area contributed by atoms with Gasteiger partial charge in [0.1, 0.15) is 5.82 Å². The summed E-state index contributed by atoms with van der Waals surface area (Å²) in [7, 11) is 0. The van der Waals surface area contributed by atoms with E-state index in [1.54, 1.807) is 12.1 Å². The second-order valence-electron chi connectivity index (χ2n) is 7.46. The van der Waals surface area contributed by atoms with Gasteiger partial charge in [-0.15, -0.1) is 0 Å². The Morgan fingerprint density at radius 3 is 2.52 bits per heavy atom. The molecule has 0 aliphatic carbocycles. The second kappa shape index (κ2) is 7.73. The quantitative estimate of drug-likeness (QED) is 0.859. The number of anilines is 1. The number of carbonyl (C=O) groups excluding carboxylic acids is 1. The molecule has 0 bridgehead atoms. The average Bonchev–Trinajstić information content (AvgIpc) is 2.96. The third kappa shape index (κ3) is 3.97. The van der Waals surface area contributed by atoms with Crippen LogP contribution in [0.25, 0.3) is 0 Å². The van der Waals surface area contributed by atoms with Crippen molar-refractivity contribution in [2.24, 2.45) is 5.41 Å². The molecule has 2 saturated heterocycles. The van der Waals surface area contributed by atoms with E-state index < -0.39 is 0 Å². The van der Waals surface area contributed by atoms with Crippen molar-refractivity contribution in [3.63, 3.8) is 0 Å². The fraction of sp³-hybridized carbons (Fsp3) is 0.650. The molecule has 1 aromatic rings. The molecule has 0 aromatic heterocycles. The zero-order chi connectivity index (χ0) is 17.9. The Bertz CT molecular complexity index is 594. The van der Waals surface area contributed by atoms with Crippen molar-refractivity contribution in [1.82, 2.24) is 10.2 Å². The van der Waals surface area contributed by atoms with Crippen LogP contribution >= 0.6 is 0 Å². The van der Waals surface area contributed by atoms with Crippen LogP contribution in [0.3, 0.4) is 0 Å². The third-order valence-corrected chi connectivity index (χ3v) is 6.15. The molecule has 1 amide bonds. The molecule has 1 atom stereocenters. The van der Waals surface area contributed by atoms with Gasteiger partial charge in [0.05, 0.1) is 5.41 Å². The normalized spacial score (nSPS) is 23.7. The van der Waals surface area contributed by atoms with Crippen LogP contribution in [0.15, 0.2) is 24.3 Å². The van der Waals surface area contributed by atoms with Gasteiger partial charge in [-0.1, -0.05) is 19.9 Å². The molecule has 3 rings (SSSR count). The number of piperazine rings is 1. The molecule has 0 radical (unpaired) electrons. The van der Waals surface area contributed by atoms with E-state index >= 15 is 0 Å². The van der Waals surface area contributed by atoms with Gasteiger partial charge in [-0.3, -0.25) is 9.69 Å². The minimum Gasteiger partial charge on any atom is -0.369 e. The van der Waals surface area contributed by atoms with E-state index in [9.17, 15) is 9.18 Å². The van der Waals surface area contributed by atoms with Crippen LogP contribution in [0.4, 0.5) is 10.1 Å². The Labute approximate surface area is 150 Å². The van der Waals surface area contributed by atoms with Gasteiger partial charge in [-0.25, -0.2) is 4.39 Å². The maximum atomic E-state index is 13.4. The number of hydrogen-bond acceptors (Lipinski definition) is 3. The van der Waals surface area contributed by atoms with Crippen LogP contribution < -0.4 is 10.2 Å². The molecule has 2 aliphatic rings. The fourth-order valence-electron chi connectivity index (χ4n) is 4.23. The zero-order valence-electron chi connectivity index (χ0n) is 15.4. The number of nitrogens with one attached hydrogen (secondary N) is 1. The van der Waals surface area contributed by atoms with Crippen LogP contribution in [-0.2, 0) is 4.79 Å². The molecular weight excluding hydrogens is 317 g/mol. The van der Waals surface area contributed by atoms with Gasteiger partial charge in [0.15, 0.2) is 0 Å². The first kappa shape index (κ1) is 18.2. The summed E-state index contributed by atoms with van der Waals surface area (Å²) in [4.78, 5) is 17.0. The predicted molar refractivity (Wildman–Crippen MR) is 99.2 cm³/mol. The van der Waals surface area contributed by atoms with Crippen molar-refractivity contribution in [1.29, 1.82) is 0 Å². The minimum atomic E-state index is -0.174. The van der Waals surface area contributed by atoms with Gasteiger partial charge in [0, 0.05) is 44.5 Å². The van der Waals surface area contributed by atoms with E-state index in [0.717, 1.165) is 64.1 Å². The summed E-state index contributed by atoms with van der Waals surface area (Å²) < 4.78 is 13.4. The zero-order valence-corrected chi connectivity index (χ0v) is 15.4. The van der Waals surface area contributed by atoms with E-state index in [0.29, 0.717) is 6.04 Å². The molecule has 0 spiro atoms. The maximum Gasteiger partial charge on any atom is 0.226 e. The maximum absolute atomic E-state index is 13.4. The van der Waals surface area contributed by atoms with Crippen LogP contribution in [0.2, 0.25) is 0 Å². The Morgan fingerprint density at radius 1 is 1.20 bits per heavy atom. The lowest BCUT2D eigenvalue weighted by atomic mass is 9.79. The lowest BCUT2D eigenvalue weighted by Gasteiger charge is -2.36. The number of rotatable bonds is 6. The molecule has 25 heavy (non-hydrogen) atoms. The fourth-order valence-corrected chi connectivity index (χ4v) is 4.23. The highest BCUT2D eigenvalue weighted by molar-refractivity contribution is 5.85. The van der Waals surface area contributed by atoms with Gasteiger partial charge in [-0.05, 0) is 43.9 Å². The smallest absolute Gasteiger partial charge is 0.226 e. The molecule has 1 aromatic carbocycles. The van der Waals surface area contributed by atoms with E-state index in [4.69, 9.17) is 0 Å². The summed E-state index contributed by atoms with van der Waals surface area (Å²) >= 11 is 0. The van der Waals surface area contributed by atoms with Crippen molar-refractivity contribution in [2.45, 2.75) is 45.6 Å². The van der Waals surface area contributed by atoms with Crippen molar-refractivity contribution in [2.75, 3.05) is 37.6 Å². The minimum absolute atomic E-state index is 0.138. The molecule has 138 valence electrons. The highest BCUT2D eigenvalue weighted by Gasteiger charge is 2.43. The number of carbonyl (C=O) groups is 1. The van der Waals surface area contributed by atoms with E-state index in [2.05, 4.69) is 29.0 Å². The summed E-state index contributed by atoms with van der Waals surface area (Å²) in [5.41, 5.74) is 0.833. The molecule has 2 aliphatic heterocycles. The molecule has 2 fully saturated rings. The first-order chi connectivity index (χ1) is 12.1. The first-order valence-corrected chi connectivity index (χ1v) is 9.60. The number of halogens is 1. The van der Waals surface area contributed by atoms with Crippen LogP contribution in [-0.4, -0.2) is 49.6 Å². The summed E-state index contributed by atoms with van der Waals surface area (Å²) in [6.45, 7) is 9.09. The van der Waals surface area contributed by atoms with Gasteiger partial charge in [-0.2, -0.15) is 0 Å². The summed E-state index contributed by atoms with van der Waals surface area (Å²) in [5.74, 6) is 0.0747. The molecular formula is C20H30FN3O. The third-order valence-electron chi connectivity index (χ3n) is 6.15. The predicted octanol–water partition coefficient (Wildman–Crippen LogP) is 3.03. The molecule has 2 heterocycles. The highest BCUT2D eigenvalue weighted by Crippen LogP contribution is 2.37. The molecule has 1 unspecified atom stereocenters. The SMILES string of the molecule is CCC1(CC)CC(CCN2CCN(c3cccc(F)c3)CC2)NC1=O. The Morgan fingerprint density at radius 2 is 1.92 bits per heavy atom. The Hall–Kier alpha value is -1.62. The van der Waals surface area contributed by atoms with Crippen molar-refractivity contribution in [3.05, 3.63) is 30.1 Å². The largest absolute Gasteiger partial charge is 0.369 e. The highest BCUT2D eigenvalue weighted by atomic mass is 19.1. The lowest BCUT2D eigenvalue weighted by Crippen LogP contribution is -2.47. The van der Waals surface area contributed by atoms with Crippen LogP contribution in [0.5, 0.6) is 0 Å². The van der Waals surface area contributed by atoms with Crippen molar-refractivity contribution >= 4 is 11.6 Å². The van der Waals surface area contributed by atoms with Gasteiger partial charge in [0.25, 0.3) is 0 Å². The summed E-state index contributed by atoms with van der Waals surface area (Å²) in [5, 5.41) is 3.21. The topological polar surface area (TPSA) is 35.6 Å². The molecule has 4 nitrogen and oxygen atoms in total. The first-order valence-electron chi connectivity index (χ1n) is 9.60. The van der Waals surface area contributed by atoms with Crippen LogP contribution in [0, 0.1) is 11.2 Å². The number of nitrogens with zero attached hydrogens (tertiary/aromatic N) is 2. The number of benzene rings is 1. The molecule has 1 N–H and O–H groups in total. The number of hydrogen-bond donors (Lipinski definition) is 1. The Kier molecular flexibility index (Phi) is 5.62. The van der Waals surface area contributed by atoms with Gasteiger partial charge < -0.3 is 10.2 Å². The van der Waals surface area contributed by atoms with Crippen molar-refractivity contribution in [3.8, 4) is 0 Å².